The molecule has 0 radical (unpaired) electrons. The Morgan fingerprint density at radius 3 is 1.40 bits per heavy atom. The van der Waals surface area contributed by atoms with Crippen LogP contribution >= 0.6 is 0 Å². The van der Waals surface area contributed by atoms with Gasteiger partial charge in [0, 0.05) is 0 Å². The second kappa shape index (κ2) is 6.28. The zero-order valence-corrected chi connectivity index (χ0v) is 8.18. The molecule has 1 nitrogen and oxygen atoms in total. The molecule has 1 atom stereocenters. The van der Waals surface area contributed by atoms with Crippen LogP contribution in [0.1, 0.15) is 34.6 Å². The SMILES string of the molecule is CC(C)[N-]C(C)C(C)C.[Li+]. The summed E-state index contributed by atoms with van der Waals surface area (Å²) < 4.78 is 0. The van der Waals surface area contributed by atoms with E-state index in [0.29, 0.717) is 18.0 Å². The molecule has 0 aromatic rings. The third-order valence-electron chi connectivity index (χ3n) is 1.50. The molecule has 0 aromatic carbocycles. The zero-order chi connectivity index (χ0) is 7.44. The summed E-state index contributed by atoms with van der Waals surface area (Å²) in [5.74, 6) is 0.687. The van der Waals surface area contributed by atoms with Gasteiger partial charge < -0.3 is 5.32 Å². The molecule has 0 aliphatic rings. The Balaban J connectivity index is 0. The summed E-state index contributed by atoms with van der Waals surface area (Å²) in [7, 11) is 0. The first-order valence-electron chi connectivity index (χ1n) is 3.74. The first-order valence-corrected chi connectivity index (χ1v) is 3.74. The fourth-order valence-corrected chi connectivity index (χ4v) is 0.642. The molecule has 2 heteroatoms. The smallest absolute Gasteiger partial charge is 0.657 e. The molecule has 0 saturated heterocycles. The largest absolute Gasteiger partial charge is 1.00 e. The number of rotatable bonds is 3. The second-order valence-electron chi connectivity index (χ2n) is 3.23. The fourth-order valence-electron chi connectivity index (χ4n) is 0.642. The molecular weight excluding hydrogens is 117 g/mol. The maximum atomic E-state index is 4.48. The van der Waals surface area contributed by atoms with Gasteiger partial charge in [0.2, 0.25) is 0 Å². The van der Waals surface area contributed by atoms with Gasteiger partial charge in [0.25, 0.3) is 0 Å². The van der Waals surface area contributed by atoms with Crippen molar-refractivity contribution in [2.24, 2.45) is 5.92 Å². The molecule has 0 aromatic heterocycles. The minimum atomic E-state index is 0. The molecule has 0 aliphatic carbocycles. The number of nitrogens with zero attached hydrogens (tertiary/aromatic N) is 1. The normalized spacial score (nSPS) is 13.5. The van der Waals surface area contributed by atoms with Gasteiger partial charge in [0.15, 0.2) is 0 Å². The summed E-state index contributed by atoms with van der Waals surface area (Å²) in [6.07, 6.45) is 0. The molecule has 0 spiro atoms. The van der Waals surface area contributed by atoms with Crippen LogP contribution in [-0.4, -0.2) is 12.1 Å². The van der Waals surface area contributed by atoms with E-state index in [2.05, 4.69) is 39.9 Å². The average Bonchev–Trinajstić information content (AvgIpc) is 1.63. The molecule has 0 rings (SSSR count). The molecule has 0 saturated carbocycles. The van der Waals surface area contributed by atoms with Crippen molar-refractivity contribution in [1.29, 1.82) is 0 Å². The molecule has 0 aliphatic heterocycles. The predicted octanol–water partition coefficient (Wildman–Crippen LogP) is -0.183. The zero-order valence-electron chi connectivity index (χ0n) is 8.18. The van der Waals surface area contributed by atoms with Crippen LogP contribution in [0.2, 0.25) is 0 Å². The van der Waals surface area contributed by atoms with Crippen LogP contribution < -0.4 is 18.9 Å². The number of hydrogen-bond acceptors (Lipinski definition) is 0. The Morgan fingerprint density at radius 2 is 1.30 bits per heavy atom. The Morgan fingerprint density at radius 1 is 0.900 bits per heavy atom. The van der Waals surface area contributed by atoms with Crippen LogP contribution in [0.25, 0.3) is 5.32 Å². The third-order valence-corrected chi connectivity index (χ3v) is 1.50. The van der Waals surface area contributed by atoms with Gasteiger partial charge in [-0.3, -0.25) is 0 Å². The van der Waals surface area contributed by atoms with Crippen molar-refractivity contribution in [3.05, 3.63) is 5.32 Å². The standard InChI is InChI=1S/C8H18N.Li/c1-6(2)8(5)9-7(3)4;/h6-8H,1-5H3;/q-1;+1. The van der Waals surface area contributed by atoms with Crippen molar-refractivity contribution >= 4 is 0 Å². The van der Waals surface area contributed by atoms with Gasteiger partial charge in [-0.2, -0.15) is 0 Å². The van der Waals surface area contributed by atoms with Crippen molar-refractivity contribution in [2.45, 2.75) is 46.7 Å². The summed E-state index contributed by atoms with van der Waals surface area (Å²) in [6.45, 7) is 10.8. The summed E-state index contributed by atoms with van der Waals surface area (Å²) in [5.41, 5.74) is 0. The van der Waals surface area contributed by atoms with Gasteiger partial charge in [0.1, 0.15) is 0 Å². The maximum Gasteiger partial charge on any atom is 1.00 e. The van der Waals surface area contributed by atoms with E-state index in [1.165, 1.54) is 0 Å². The van der Waals surface area contributed by atoms with Crippen molar-refractivity contribution in [2.75, 3.05) is 0 Å². The van der Waals surface area contributed by atoms with Crippen LogP contribution in [0, 0.1) is 5.92 Å². The van der Waals surface area contributed by atoms with E-state index < -0.39 is 0 Å². The van der Waals surface area contributed by atoms with Crippen LogP contribution in [0.15, 0.2) is 0 Å². The van der Waals surface area contributed by atoms with Gasteiger partial charge in [-0.25, -0.2) is 0 Å². The van der Waals surface area contributed by atoms with Crippen LogP contribution in [0.5, 0.6) is 0 Å². The number of hydrogen-bond donors (Lipinski definition) is 0. The van der Waals surface area contributed by atoms with Gasteiger partial charge >= 0.3 is 18.9 Å². The molecule has 0 N–H and O–H groups in total. The summed E-state index contributed by atoms with van der Waals surface area (Å²) in [4.78, 5) is 0. The molecule has 0 heterocycles. The minimum Gasteiger partial charge on any atom is -0.657 e. The monoisotopic (exact) mass is 135 g/mol. The van der Waals surface area contributed by atoms with Crippen molar-refractivity contribution in [1.82, 2.24) is 0 Å². The van der Waals surface area contributed by atoms with E-state index in [9.17, 15) is 0 Å². The average molecular weight is 135 g/mol. The molecule has 10 heavy (non-hydrogen) atoms. The molecule has 0 amide bonds. The van der Waals surface area contributed by atoms with E-state index >= 15 is 0 Å². The molecule has 56 valence electrons. The van der Waals surface area contributed by atoms with E-state index in [-0.39, 0.29) is 18.9 Å². The fraction of sp³-hybridized carbons (Fsp3) is 1.00. The quantitative estimate of drug-likeness (QED) is 0.476. The third kappa shape index (κ3) is 6.67. The molecule has 1 unspecified atom stereocenters. The molecule has 0 fully saturated rings. The Labute approximate surface area is 77.1 Å². The summed E-state index contributed by atoms with van der Waals surface area (Å²) in [5, 5.41) is 4.48. The van der Waals surface area contributed by atoms with Gasteiger partial charge in [0.05, 0.1) is 0 Å². The van der Waals surface area contributed by atoms with E-state index in [1.54, 1.807) is 0 Å². The topological polar surface area (TPSA) is 14.1 Å². The second-order valence-corrected chi connectivity index (χ2v) is 3.23. The predicted molar refractivity (Wildman–Crippen MR) is 42.8 cm³/mol. The van der Waals surface area contributed by atoms with E-state index in [0.717, 1.165) is 0 Å². The first-order chi connectivity index (χ1) is 4.04. The van der Waals surface area contributed by atoms with E-state index in [4.69, 9.17) is 0 Å². The summed E-state index contributed by atoms with van der Waals surface area (Å²) >= 11 is 0. The van der Waals surface area contributed by atoms with Gasteiger partial charge in [-0.05, 0) is 0 Å². The van der Waals surface area contributed by atoms with Crippen LogP contribution in [0.3, 0.4) is 0 Å². The van der Waals surface area contributed by atoms with Gasteiger partial charge in [-0.15, -0.1) is 12.1 Å². The van der Waals surface area contributed by atoms with Gasteiger partial charge in [-0.1, -0.05) is 40.5 Å². The molecule has 0 bridgehead atoms. The summed E-state index contributed by atoms with van der Waals surface area (Å²) in [6, 6.07) is 1.01. The first kappa shape index (κ1) is 13.2. The molecular formula is C8H18LiN. The van der Waals surface area contributed by atoms with E-state index in [1.807, 2.05) is 0 Å². The minimum absolute atomic E-state index is 0. The Bertz CT molecular complexity index is 71.7. The Kier molecular flexibility index (Phi) is 8.27. The maximum absolute atomic E-state index is 4.48. The van der Waals surface area contributed by atoms with Crippen molar-refractivity contribution < 1.29 is 18.9 Å². The van der Waals surface area contributed by atoms with Crippen LogP contribution in [-0.2, 0) is 0 Å². The van der Waals surface area contributed by atoms with Crippen LogP contribution in [0.4, 0.5) is 0 Å². The van der Waals surface area contributed by atoms with Crippen molar-refractivity contribution in [3.8, 4) is 0 Å². The Hall–Kier alpha value is 0.557. The van der Waals surface area contributed by atoms with Crippen molar-refractivity contribution in [3.63, 3.8) is 0 Å².